The van der Waals surface area contributed by atoms with Crippen molar-refractivity contribution in [2.45, 2.75) is 19.6 Å². The molecule has 0 bridgehead atoms. The number of hydrogen-bond donors (Lipinski definition) is 3. The molecule has 1 saturated heterocycles. The van der Waals surface area contributed by atoms with Crippen LogP contribution < -0.4 is 10.4 Å². The van der Waals surface area contributed by atoms with Gasteiger partial charge in [0.2, 0.25) is 5.95 Å². The Morgan fingerprint density at radius 1 is 1.38 bits per heavy atom. The first-order chi connectivity index (χ1) is 10.0. The van der Waals surface area contributed by atoms with Crippen molar-refractivity contribution < 1.29 is 5.11 Å². The summed E-state index contributed by atoms with van der Waals surface area (Å²) < 4.78 is 1.79. The lowest BCUT2D eigenvalue weighted by atomic mass is 10.3. The highest BCUT2D eigenvalue weighted by Gasteiger charge is 2.19. The van der Waals surface area contributed by atoms with Crippen molar-refractivity contribution in [3.63, 3.8) is 0 Å². The van der Waals surface area contributed by atoms with Gasteiger partial charge in [-0.25, -0.2) is 4.98 Å². The van der Waals surface area contributed by atoms with Crippen LogP contribution in [-0.4, -0.2) is 68.9 Å². The Labute approximate surface area is 122 Å². The summed E-state index contributed by atoms with van der Waals surface area (Å²) in [5.74, 6) is 0.777. The summed E-state index contributed by atoms with van der Waals surface area (Å²) in [6.07, 6.45) is 1.08. The van der Waals surface area contributed by atoms with Crippen molar-refractivity contribution in [2.75, 3.05) is 38.1 Å². The van der Waals surface area contributed by atoms with Crippen molar-refractivity contribution in [1.29, 1.82) is 5.41 Å². The van der Waals surface area contributed by atoms with E-state index in [-0.39, 0.29) is 5.49 Å². The summed E-state index contributed by atoms with van der Waals surface area (Å²) >= 11 is 0. The zero-order chi connectivity index (χ0) is 15.0. The van der Waals surface area contributed by atoms with Crippen LogP contribution in [0.5, 0.6) is 0 Å². The molecule has 0 aromatic carbocycles. The van der Waals surface area contributed by atoms with E-state index in [2.05, 4.69) is 31.8 Å². The number of H-pyrrole nitrogens is 1. The Morgan fingerprint density at radius 3 is 2.76 bits per heavy atom. The van der Waals surface area contributed by atoms with E-state index in [1.165, 1.54) is 0 Å². The number of likely N-dealkylation sites (N-methyl/N-ethyl adjacent to an activating group) is 1. The van der Waals surface area contributed by atoms with Gasteiger partial charge in [-0.1, -0.05) is 0 Å². The molecule has 0 spiro atoms. The van der Waals surface area contributed by atoms with Gasteiger partial charge >= 0.3 is 0 Å². The van der Waals surface area contributed by atoms with Gasteiger partial charge in [-0.15, -0.1) is 0 Å². The van der Waals surface area contributed by atoms with Gasteiger partial charge in [-0.2, -0.15) is 4.98 Å². The minimum atomic E-state index is -0.486. The molecule has 21 heavy (non-hydrogen) atoms. The van der Waals surface area contributed by atoms with Crippen LogP contribution in [0.25, 0.3) is 11.2 Å². The lowest BCUT2D eigenvalue weighted by molar-refractivity contribution is 0.174. The molecule has 3 heterocycles. The van der Waals surface area contributed by atoms with Gasteiger partial charge in [-0.3, -0.25) is 5.41 Å². The molecule has 8 heteroatoms. The lowest BCUT2D eigenvalue weighted by Crippen LogP contribution is -2.44. The molecule has 2 aromatic rings. The Morgan fingerprint density at radius 2 is 2.10 bits per heavy atom. The molecule has 1 aliphatic heterocycles. The van der Waals surface area contributed by atoms with Gasteiger partial charge in [0.05, 0.1) is 19.0 Å². The minimum absolute atomic E-state index is 0.180. The fourth-order valence-corrected chi connectivity index (χ4v) is 2.56. The van der Waals surface area contributed by atoms with Crippen LogP contribution in [0.1, 0.15) is 6.92 Å². The average molecular weight is 291 g/mol. The fourth-order valence-electron chi connectivity index (χ4n) is 2.56. The summed E-state index contributed by atoms with van der Waals surface area (Å²) in [4.78, 5) is 16.3. The van der Waals surface area contributed by atoms with Gasteiger partial charge in [-0.05, 0) is 14.0 Å². The van der Waals surface area contributed by atoms with Crippen LogP contribution in [0.15, 0.2) is 6.33 Å². The second-order valence-electron chi connectivity index (χ2n) is 5.64. The molecule has 1 atom stereocenters. The van der Waals surface area contributed by atoms with E-state index in [1.54, 1.807) is 17.8 Å². The summed E-state index contributed by atoms with van der Waals surface area (Å²) in [7, 11) is 2.11. The molecule has 0 saturated carbocycles. The van der Waals surface area contributed by atoms with Crippen LogP contribution in [0.2, 0.25) is 0 Å². The Kier molecular flexibility index (Phi) is 3.64. The third-order valence-corrected chi connectivity index (χ3v) is 3.77. The molecule has 114 valence electrons. The molecular formula is C13H21N7O. The van der Waals surface area contributed by atoms with Gasteiger partial charge in [0.1, 0.15) is 5.52 Å². The second kappa shape index (κ2) is 5.45. The molecule has 2 aromatic heterocycles. The Hall–Kier alpha value is -1.93. The third-order valence-electron chi connectivity index (χ3n) is 3.77. The van der Waals surface area contributed by atoms with Gasteiger partial charge < -0.3 is 24.5 Å². The molecule has 0 amide bonds. The summed E-state index contributed by atoms with van der Waals surface area (Å²) in [6, 6.07) is 0. The maximum Gasteiger partial charge on any atom is 0.205 e. The van der Waals surface area contributed by atoms with Crippen molar-refractivity contribution in [2.24, 2.45) is 0 Å². The summed E-state index contributed by atoms with van der Waals surface area (Å²) in [5.41, 5.74) is 1.47. The van der Waals surface area contributed by atoms with Crippen molar-refractivity contribution >= 4 is 17.1 Å². The monoisotopic (exact) mass is 291 g/mol. The van der Waals surface area contributed by atoms with Crippen LogP contribution in [0.4, 0.5) is 5.95 Å². The molecule has 1 fully saturated rings. The number of piperazine rings is 1. The number of nitrogens with one attached hydrogen (secondary N) is 2. The molecular weight excluding hydrogens is 270 g/mol. The normalized spacial score (nSPS) is 18.3. The first kappa shape index (κ1) is 14.0. The second-order valence-corrected chi connectivity index (χ2v) is 5.64. The molecule has 3 rings (SSSR count). The number of anilines is 1. The zero-order valence-electron chi connectivity index (χ0n) is 12.4. The van der Waals surface area contributed by atoms with Crippen LogP contribution in [0, 0.1) is 5.41 Å². The first-order valence-electron chi connectivity index (χ1n) is 7.16. The molecule has 8 nitrogen and oxygen atoms in total. The Bertz CT molecular complexity index is 681. The molecule has 0 radical (unpaired) electrons. The summed E-state index contributed by atoms with van der Waals surface area (Å²) in [5, 5.41) is 17.5. The van der Waals surface area contributed by atoms with E-state index in [0.29, 0.717) is 17.7 Å². The largest absolute Gasteiger partial charge is 0.392 e. The Balaban J connectivity index is 1.98. The summed E-state index contributed by atoms with van der Waals surface area (Å²) in [6.45, 7) is 5.95. The van der Waals surface area contributed by atoms with E-state index in [0.717, 1.165) is 32.1 Å². The van der Waals surface area contributed by atoms with E-state index in [4.69, 9.17) is 5.41 Å². The number of rotatable bonds is 3. The minimum Gasteiger partial charge on any atom is -0.392 e. The van der Waals surface area contributed by atoms with E-state index < -0.39 is 6.10 Å². The van der Waals surface area contributed by atoms with Crippen LogP contribution in [-0.2, 0) is 6.54 Å². The standard InChI is InChI=1S/C13H21N7O/c1-9(21)7-20-8-15-11(14)10-12(20)17-13(16-10)19-5-3-18(2)4-6-19/h8-9,14,21H,3-7H2,1-2H3,(H,16,17). The molecule has 1 aliphatic rings. The first-order valence-corrected chi connectivity index (χ1v) is 7.16. The molecule has 1 unspecified atom stereocenters. The number of nitrogens with zero attached hydrogens (tertiary/aromatic N) is 5. The highest BCUT2D eigenvalue weighted by atomic mass is 16.3. The van der Waals surface area contributed by atoms with E-state index in [1.807, 2.05) is 0 Å². The molecule has 3 N–H and O–H groups in total. The SMILES string of the molecule is CC(O)Cn1cnc(=N)c2[nH]c(N3CCN(C)CC3)nc21. The smallest absolute Gasteiger partial charge is 0.205 e. The highest BCUT2D eigenvalue weighted by Crippen LogP contribution is 2.16. The van der Waals surface area contributed by atoms with Crippen molar-refractivity contribution in [3.8, 4) is 0 Å². The molecule has 0 aliphatic carbocycles. The van der Waals surface area contributed by atoms with Gasteiger partial charge in [0.25, 0.3) is 0 Å². The number of aromatic nitrogens is 4. The van der Waals surface area contributed by atoms with Crippen molar-refractivity contribution in [1.82, 2.24) is 24.4 Å². The van der Waals surface area contributed by atoms with Crippen molar-refractivity contribution in [3.05, 3.63) is 11.8 Å². The number of aliphatic hydroxyl groups excluding tert-OH is 1. The number of hydrogen-bond acceptors (Lipinski definition) is 6. The lowest BCUT2D eigenvalue weighted by Gasteiger charge is -2.31. The van der Waals surface area contributed by atoms with Gasteiger partial charge in [0, 0.05) is 26.2 Å². The predicted molar refractivity (Wildman–Crippen MR) is 79.1 cm³/mol. The van der Waals surface area contributed by atoms with Crippen LogP contribution >= 0.6 is 0 Å². The third kappa shape index (κ3) is 2.77. The quantitative estimate of drug-likeness (QED) is 0.700. The number of aliphatic hydroxyl groups is 1. The van der Waals surface area contributed by atoms with E-state index in [9.17, 15) is 5.11 Å². The topological polar surface area (TPSA) is 97.1 Å². The van der Waals surface area contributed by atoms with Crippen LogP contribution in [0.3, 0.4) is 0 Å². The number of fused-ring (bicyclic) bond motifs is 1. The fraction of sp³-hybridized carbons (Fsp3) is 0.615. The van der Waals surface area contributed by atoms with Gasteiger partial charge in [0.15, 0.2) is 11.1 Å². The number of imidazole rings is 1. The van der Waals surface area contributed by atoms with E-state index >= 15 is 0 Å². The average Bonchev–Trinajstić information content (AvgIpc) is 2.88. The number of aromatic amines is 1. The maximum atomic E-state index is 9.57. The predicted octanol–water partition coefficient (Wildman–Crippen LogP) is -0.629. The zero-order valence-corrected chi connectivity index (χ0v) is 12.4. The maximum absolute atomic E-state index is 9.57. The highest BCUT2D eigenvalue weighted by molar-refractivity contribution is 5.72.